The highest BCUT2D eigenvalue weighted by atomic mass is 15.4. The molecule has 0 bridgehead atoms. The van der Waals surface area contributed by atoms with Gasteiger partial charge in [-0.05, 0) is 44.2 Å². The summed E-state index contributed by atoms with van der Waals surface area (Å²) in [7, 11) is 0. The molecule has 0 unspecified atom stereocenters. The standard InChI is InChI=1S/C16H21N5/c1-6-12-10(4)20-21(11(12)5)16-14(9-17)13(7-2)15(8-3)18-19-16/h6-8H2,1-5H3. The van der Waals surface area contributed by atoms with Gasteiger partial charge in [-0.3, -0.25) is 0 Å². The molecule has 2 aromatic heterocycles. The van der Waals surface area contributed by atoms with Gasteiger partial charge in [0, 0.05) is 5.69 Å². The van der Waals surface area contributed by atoms with Gasteiger partial charge in [-0.25, -0.2) is 4.68 Å². The molecule has 2 heterocycles. The van der Waals surface area contributed by atoms with Gasteiger partial charge < -0.3 is 0 Å². The lowest BCUT2D eigenvalue weighted by molar-refractivity contribution is 0.755. The van der Waals surface area contributed by atoms with Crippen molar-refractivity contribution < 1.29 is 0 Å². The number of rotatable bonds is 4. The molecule has 0 fully saturated rings. The number of aromatic nitrogens is 4. The maximum atomic E-state index is 9.58. The Balaban J connectivity index is 2.74. The maximum Gasteiger partial charge on any atom is 0.194 e. The van der Waals surface area contributed by atoms with Crippen molar-refractivity contribution in [3.63, 3.8) is 0 Å². The second kappa shape index (κ2) is 6.04. The van der Waals surface area contributed by atoms with Crippen LogP contribution in [0, 0.1) is 25.2 Å². The van der Waals surface area contributed by atoms with Gasteiger partial charge in [0.15, 0.2) is 5.82 Å². The monoisotopic (exact) mass is 283 g/mol. The lowest BCUT2D eigenvalue weighted by Gasteiger charge is -2.11. The fraction of sp³-hybridized carbons (Fsp3) is 0.500. The Hall–Kier alpha value is -2.22. The van der Waals surface area contributed by atoms with Crippen molar-refractivity contribution in [2.75, 3.05) is 0 Å². The molecule has 0 aromatic carbocycles. The molecule has 5 heteroatoms. The van der Waals surface area contributed by atoms with Gasteiger partial charge in [-0.1, -0.05) is 20.8 Å². The van der Waals surface area contributed by atoms with E-state index in [4.69, 9.17) is 0 Å². The Morgan fingerprint density at radius 2 is 1.67 bits per heavy atom. The quantitative estimate of drug-likeness (QED) is 0.865. The SMILES string of the molecule is CCc1nnc(-n2nc(C)c(CC)c2C)c(C#N)c1CC. The first-order valence-electron chi connectivity index (χ1n) is 7.42. The van der Waals surface area contributed by atoms with E-state index in [-0.39, 0.29) is 0 Å². The van der Waals surface area contributed by atoms with Crippen LogP contribution in [-0.4, -0.2) is 20.0 Å². The van der Waals surface area contributed by atoms with E-state index in [0.29, 0.717) is 11.4 Å². The second-order valence-corrected chi connectivity index (χ2v) is 5.06. The third kappa shape index (κ3) is 2.42. The Morgan fingerprint density at radius 1 is 1.00 bits per heavy atom. The first-order valence-corrected chi connectivity index (χ1v) is 7.42. The van der Waals surface area contributed by atoms with Gasteiger partial charge in [-0.15, -0.1) is 5.10 Å². The third-order valence-electron chi connectivity index (χ3n) is 3.93. The molecular weight excluding hydrogens is 262 g/mol. The molecule has 5 nitrogen and oxygen atoms in total. The van der Waals surface area contributed by atoms with Crippen molar-refractivity contribution in [2.45, 2.75) is 53.9 Å². The highest BCUT2D eigenvalue weighted by molar-refractivity contribution is 5.51. The fourth-order valence-electron chi connectivity index (χ4n) is 2.82. The third-order valence-corrected chi connectivity index (χ3v) is 3.93. The van der Waals surface area contributed by atoms with Crippen LogP contribution >= 0.6 is 0 Å². The van der Waals surface area contributed by atoms with Crippen molar-refractivity contribution in [3.05, 3.63) is 33.8 Å². The molecule has 0 aliphatic carbocycles. The van der Waals surface area contributed by atoms with Crippen LogP contribution in [0.5, 0.6) is 0 Å². The van der Waals surface area contributed by atoms with Crippen LogP contribution in [0.15, 0.2) is 0 Å². The molecule has 0 saturated heterocycles. The molecule has 0 radical (unpaired) electrons. The highest BCUT2D eigenvalue weighted by Crippen LogP contribution is 2.23. The zero-order chi connectivity index (χ0) is 15.6. The summed E-state index contributed by atoms with van der Waals surface area (Å²) in [4.78, 5) is 0. The van der Waals surface area contributed by atoms with E-state index in [0.717, 1.165) is 41.9 Å². The first kappa shape index (κ1) is 15.2. The lowest BCUT2D eigenvalue weighted by Crippen LogP contribution is -2.12. The molecule has 0 N–H and O–H groups in total. The molecule has 110 valence electrons. The molecule has 0 spiro atoms. The lowest BCUT2D eigenvalue weighted by atomic mass is 10.0. The van der Waals surface area contributed by atoms with Crippen LogP contribution in [0.25, 0.3) is 5.82 Å². The normalized spacial score (nSPS) is 10.7. The van der Waals surface area contributed by atoms with E-state index >= 15 is 0 Å². The zero-order valence-electron chi connectivity index (χ0n) is 13.4. The largest absolute Gasteiger partial charge is 0.216 e. The van der Waals surface area contributed by atoms with Crippen LogP contribution in [-0.2, 0) is 19.3 Å². The van der Waals surface area contributed by atoms with Gasteiger partial charge in [0.05, 0.1) is 11.4 Å². The van der Waals surface area contributed by atoms with Gasteiger partial charge in [0.1, 0.15) is 11.6 Å². The summed E-state index contributed by atoms with van der Waals surface area (Å²) in [6.45, 7) is 10.2. The Kier molecular flexibility index (Phi) is 4.37. The van der Waals surface area contributed by atoms with Gasteiger partial charge in [0.25, 0.3) is 0 Å². The molecule has 0 aliphatic rings. The molecule has 0 atom stereocenters. The molecule has 2 rings (SSSR count). The molecule has 0 amide bonds. The molecule has 0 saturated carbocycles. The second-order valence-electron chi connectivity index (χ2n) is 5.06. The van der Waals surface area contributed by atoms with E-state index in [1.54, 1.807) is 4.68 Å². The van der Waals surface area contributed by atoms with Crippen molar-refractivity contribution in [1.82, 2.24) is 20.0 Å². The van der Waals surface area contributed by atoms with Gasteiger partial charge in [-0.2, -0.15) is 15.5 Å². The van der Waals surface area contributed by atoms with Crippen molar-refractivity contribution in [2.24, 2.45) is 0 Å². The van der Waals surface area contributed by atoms with Crippen molar-refractivity contribution in [3.8, 4) is 11.9 Å². The van der Waals surface area contributed by atoms with E-state index in [1.807, 2.05) is 27.7 Å². The van der Waals surface area contributed by atoms with E-state index in [9.17, 15) is 5.26 Å². The van der Waals surface area contributed by atoms with Crippen molar-refractivity contribution in [1.29, 1.82) is 5.26 Å². The van der Waals surface area contributed by atoms with E-state index in [1.165, 1.54) is 5.56 Å². The van der Waals surface area contributed by atoms with Crippen LogP contribution in [0.3, 0.4) is 0 Å². The molecule has 21 heavy (non-hydrogen) atoms. The number of nitriles is 1. The minimum Gasteiger partial charge on any atom is -0.216 e. The Bertz CT molecular complexity index is 706. The fourth-order valence-corrected chi connectivity index (χ4v) is 2.82. The smallest absolute Gasteiger partial charge is 0.194 e. The maximum absolute atomic E-state index is 9.58. The van der Waals surface area contributed by atoms with E-state index < -0.39 is 0 Å². The van der Waals surface area contributed by atoms with Crippen molar-refractivity contribution >= 4 is 0 Å². The summed E-state index contributed by atoms with van der Waals surface area (Å²) in [6.07, 6.45) is 2.47. The minimum absolute atomic E-state index is 0.548. The minimum atomic E-state index is 0.548. The molecule has 2 aromatic rings. The summed E-state index contributed by atoms with van der Waals surface area (Å²) in [5.74, 6) is 0.548. The van der Waals surface area contributed by atoms with Crippen LogP contribution in [0.4, 0.5) is 0 Å². The summed E-state index contributed by atoms with van der Waals surface area (Å²) in [6, 6.07) is 2.30. The average Bonchev–Trinajstić information content (AvgIpc) is 2.79. The van der Waals surface area contributed by atoms with E-state index in [2.05, 4.69) is 28.3 Å². The van der Waals surface area contributed by atoms with Crippen LogP contribution in [0.2, 0.25) is 0 Å². The summed E-state index contributed by atoms with van der Waals surface area (Å²) >= 11 is 0. The summed E-state index contributed by atoms with van der Waals surface area (Å²) in [5.41, 5.74) is 5.70. The Labute approximate surface area is 125 Å². The number of hydrogen-bond donors (Lipinski definition) is 0. The van der Waals surface area contributed by atoms with Gasteiger partial charge in [0.2, 0.25) is 0 Å². The molecular formula is C16H21N5. The van der Waals surface area contributed by atoms with Crippen LogP contribution in [0.1, 0.15) is 54.5 Å². The average molecular weight is 283 g/mol. The number of hydrogen-bond acceptors (Lipinski definition) is 4. The Morgan fingerprint density at radius 3 is 2.14 bits per heavy atom. The zero-order valence-corrected chi connectivity index (χ0v) is 13.4. The number of aryl methyl sites for hydroxylation is 2. The predicted molar refractivity (Wildman–Crippen MR) is 81.5 cm³/mol. The van der Waals surface area contributed by atoms with Crippen LogP contribution < -0.4 is 0 Å². The number of nitrogens with zero attached hydrogens (tertiary/aromatic N) is 5. The predicted octanol–water partition coefficient (Wildman–Crippen LogP) is 2.84. The first-order chi connectivity index (χ1) is 10.1. The molecule has 0 aliphatic heterocycles. The highest BCUT2D eigenvalue weighted by Gasteiger charge is 2.19. The summed E-state index contributed by atoms with van der Waals surface area (Å²) < 4.78 is 1.76. The summed E-state index contributed by atoms with van der Waals surface area (Å²) in [5, 5.41) is 22.7. The topological polar surface area (TPSA) is 67.4 Å². The van der Waals surface area contributed by atoms with Gasteiger partial charge >= 0.3 is 0 Å².